The molecule has 2 heteroatoms. The van der Waals surface area contributed by atoms with Gasteiger partial charge >= 0.3 is 0 Å². The van der Waals surface area contributed by atoms with Crippen LogP contribution in [0.4, 0.5) is 0 Å². The van der Waals surface area contributed by atoms with Gasteiger partial charge in [0.15, 0.2) is 0 Å². The van der Waals surface area contributed by atoms with Crippen LogP contribution in [0.2, 0.25) is 0 Å². The van der Waals surface area contributed by atoms with Gasteiger partial charge in [-0.3, -0.25) is 0 Å². The van der Waals surface area contributed by atoms with Crippen LogP contribution in [0.15, 0.2) is 12.2 Å². The highest BCUT2D eigenvalue weighted by Crippen LogP contribution is 2.61. The Balaban J connectivity index is 2.00. The Morgan fingerprint density at radius 2 is 2.07 bits per heavy atom. The van der Waals surface area contributed by atoms with Crippen molar-refractivity contribution >= 4 is 0 Å². The van der Waals surface area contributed by atoms with Crippen LogP contribution in [0, 0.1) is 17.3 Å². The molecule has 2 bridgehead atoms. The number of allylic oxidation sites excluding steroid dienone is 1. The molecule has 0 aromatic rings. The maximum atomic E-state index is 10.3. The number of hydrogen-bond acceptors (Lipinski definition) is 2. The summed E-state index contributed by atoms with van der Waals surface area (Å²) in [7, 11) is 0. The van der Waals surface area contributed by atoms with E-state index in [4.69, 9.17) is 0 Å². The lowest BCUT2D eigenvalue weighted by Crippen LogP contribution is -2.50. The Bertz CT molecular complexity index is 299. The highest BCUT2D eigenvalue weighted by molar-refractivity contribution is 5.21. The van der Waals surface area contributed by atoms with Gasteiger partial charge in [0, 0.05) is 5.41 Å². The normalized spacial score (nSPS) is 54.1. The molecule has 1 spiro atoms. The number of aliphatic hydroxyl groups is 2. The zero-order chi connectivity index (χ0) is 10.6. The first kappa shape index (κ1) is 9.86. The minimum Gasteiger partial charge on any atom is -0.393 e. The Labute approximate surface area is 91.0 Å². The maximum Gasteiger partial charge on any atom is 0.0603 e. The second kappa shape index (κ2) is 3.08. The first-order chi connectivity index (χ1) is 7.13. The van der Waals surface area contributed by atoms with Gasteiger partial charge in [0.2, 0.25) is 0 Å². The van der Waals surface area contributed by atoms with Gasteiger partial charge < -0.3 is 10.2 Å². The smallest absolute Gasteiger partial charge is 0.0603 e. The summed E-state index contributed by atoms with van der Waals surface area (Å²) in [4.78, 5) is 0. The molecule has 3 aliphatic rings. The summed E-state index contributed by atoms with van der Waals surface area (Å²) in [6.07, 6.45) is 5.61. The van der Waals surface area contributed by atoms with E-state index in [0.29, 0.717) is 11.8 Å². The Kier molecular flexibility index (Phi) is 2.02. The van der Waals surface area contributed by atoms with E-state index in [2.05, 4.69) is 6.58 Å². The average molecular weight is 208 g/mol. The summed E-state index contributed by atoms with van der Waals surface area (Å²) in [5, 5.41) is 20.4. The Morgan fingerprint density at radius 1 is 1.27 bits per heavy atom. The summed E-state index contributed by atoms with van der Waals surface area (Å²) < 4.78 is 0. The zero-order valence-electron chi connectivity index (χ0n) is 9.15. The number of fused-ring (bicyclic) bond motifs is 1. The average Bonchev–Trinajstić information content (AvgIpc) is 2.45. The first-order valence-electron chi connectivity index (χ1n) is 6.17. The lowest BCUT2D eigenvalue weighted by molar-refractivity contribution is -0.116. The van der Waals surface area contributed by atoms with Crippen molar-refractivity contribution < 1.29 is 10.2 Å². The van der Waals surface area contributed by atoms with Gasteiger partial charge in [-0.15, -0.1) is 0 Å². The molecule has 0 aromatic carbocycles. The molecule has 3 saturated carbocycles. The fraction of sp³-hybridized carbons (Fsp3) is 0.846. The molecule has 3 aliphatic carbocycles. The van der Waals surface area contributed by atoms with E-state index in [0.717, 1.165) is 38.5 Å². The number of aliphatic hydroxyl groups excluding tert-OH is 2. The molecule has 3 fully saturated rings. The van der Waals surface area contributed by atoms with Crippen LogP contribution >= 0.6 is 0 Å². The van der Waals surface area contributed by atoms with E-state index in [1.54, 1.807) is 0 Å². The van der Waals surface area contributed by atoms with E-state index in [-0.39, 0.29) is 17.6 Å². The third-order valence-corrected chi connectivity index (χ3v) is 5.15. The SMILES string of the molecule is C=C1CC23CC1C[C@H](O)C2CCCC3O. The van der Waals surface area contributed by atoms with Crippen LogP contribution in [0.25, 0.3) is 0 Å². The third kappa shape index (κ3) is 1.18. The Morgan fingerprint density at radius 3 is 2.87 bits per heavy atom. The molecule has 3 rings (SSSR count). The minimum absolute atomic E-state index is 0.00231. The molecular formula is C13H20O2. The molecule has 0 saturated heterocycles. The van der Waals surface area contributed by atoms with Gasteiger partial charge in [-0.05, 0) is 43.9 Å². The predicted molar refractivity (Wildman–Crippen MR) is 58.3 cm³/mol. The molecule has 0 aliphatic heterocycles. The van der Waals surface area contributed by atoms with Crippen molar-refractivity contribution in [3.8, 4) is 0 Å². The van der Waals surface area contributed by atoms with Crippen molar-refractivity contribution in [3.05, 3.63) is 12.2 Å². The lowest BCUT2D eigenvalue weighted by atomic mass is 9.58. The molecule has 4 unspecified atom stereocenters. The number of rotatable bonds is 0. The van der Waals surface area contributed by atoms with Crippen molar-refractivity contribution in [1.29, 1.82) is 0 Å². The zero-order valence-corrected chi connectivity index (χ0v) is 9.15. The molecule has 0 heterocycles. The lowest BCUT2D eigenvalue weighted by Gasteiger charge is -2.49. The molecule has 5 atom stereocenters. The molecular weight excluding hydrogens is 188 g/mol. The number of hydrogen-bond donors (Lipinski definition) is 2. The van der Waals surface area contributed by atoms with Crippen molar-refractivity contribution in [2.75, 3.05) is 0 Å². The van der Waals surface area contributed by atoms with Gasteiger partial charge in [-0.1, -0.05) is 18.6 Å². The van der Waals surface area contributed by atoms with Crippen molar-refractivity contribution in [3.63, 3.8) is 0 Å². The topological polar surface area (TPSA) is 40.5 Å². The highest BCUT2D eigenvalue weighted by Gasteiger charge is 2.58. The van der Waals surface area contributed by atoms with Gasteiger partial charge in [-0.25, -0.2) is 0 Å². The van der Waals surface area contributed by atoms with E-state index in [1.807, 2.05) is 0 Å². The second-order valence-electron chi connectivity index (χ2n) is 5.83. The maximum absolute atomic E-state index is 10.3. The van der Waals surface area contributed by atoms with Crippen LogP contribution < -0.4 is 0 Å². The van der Waals surface area contributed by atoms with Gasteiger partial charge in [0.1, 0.15) is 0 Å². The molecule has 0 amide bonds. The van der Waals surface area contributed by atoms with Crippen LogP contribution in [-0.4, -0.2) is 22.4 Å². The molecule has 2 nitrogen and oxygen atoms in total. The predicted octanol–water partition coefficient (Wildman–Crippen LogP) is 1.86. The largest absolute Gasteiger partial charge is 0.393 e. The van der Waals surface area contributed by atoms with Gasteiger partial charge in [0.25, 0.3) is 0 Å². The second-order valence-corrected chi connectivity index (χ2v) is 5.83. The summed E-state index contributed by atoms with van der Waals surface area (Å²) >= 11 is 0. The van der Waals surface area contributed by atoms with Gasteiger partial charge in [0.05, 0.1) is 12.2 Å². The van der Waals surface area contributed by atoms with E-state index in [1.165, 1.54) is 5.57 Å². The monoisotopic (exact) mass is 208 g/mol. The fourth-order valence-corrected chi connectivity index (χ4v) is 4.41. The molecule has 0 aromatic heterocycles. The van der Waals surface area contributed by atoms with Crippen LogP contribution in [0.5, 0.6) is 0 Å². The highest BCUT2D eigenvalue weighted by atomic mass is 16.3. The van der Waals surface area contributed by atoms with Crippen LogP contribution in [0.3, 0.4) is 0 Å². The summed E-state index contributed by atoms with van der Waals surface area (Å²) in [5.74, 6) is 0.806. The standard InChI is InChI=1S/C13H20O2/c1-8-6-13-7-9(8)5-11(14)10(13)3-2-4-12(13)15/h9-12,14-15H,1-7H2/t9?,10?,11-,12?,13?/m0/s1. The van der Waals surface area contributed by atoms with E-state index in [9.17, 15) is 10.2 Å². The van der Waals surface area contributed by atoms with E-state index >= 15 is 0 Å². The van der Waals surface area contributed by atoms with E-state index < -0.39 is 0 Å². The first-order valence-corrected chi connectivity index (χ1v) is 6.17. The Hall–Kier alpha value is -0.340. The quantitative estimate of drug-likeness (QED) is 0.597. The van der Waals surface area contributed by atoms with Crippen LogP contribution in [0.1, 0.15) is 38.5 Å². The molecule has 2 N–H and O–H groups in total. The van der Waals surface area contributed by atoms with Gasteiger partial charge in [-0.2, -0.15) is 0 Å². The summed E-state index contributed by atoms with van der Waals surface area (Å²) in [5.41, 5.74) is 1.27. The summed E-state index contributed by atoms with van der Waals surface area (Å²) in [6.45, 7) is 4.13. The molecule has 0 radical (unpaired) electrons. The van der Waals surface area contributed by atoms with Crippen molar-refractivity contribution in [1.82, 2.24) is 0 Å². The molecule has 15 heavy (non-hydrogen) atoms. The van der Waals surface area contributed by atoms with Crippen molar-refractivity contribution in [2.45, 2.75) is 50.7 Å². The molecule has 84 valence electrons. The van der Waals surface area contributed by atoms with Crippen LogP contribution in [-0.2, 0) is 0 Å². The summed E-state index contributed by atoms with van der Waals surface area (Å²) in [6, 6.07) is 0. The minimum atomic E-state index is -0.201. The fourth-order valence-electron chi connectivity index (χ4n) is 4.41. The van der Waals surface area contributed by atoms with Crippen molar-refractivity contribution in [2.24, 2.45) is 17.3 Å². The third-order valence-electron chi connectivity index (χ3n) is 5.15.